The molecule has 1 aromatic carbocycles. The summed E-state index contributed by atoms with van der Waals surface area (Å²) < 4.78 is 5.85. The van der Waals surface area contributed by atoms with E-state index in [9.17, 15) is 5.11 Å². The third kappa shape index (κ3) is 3.25. The quantitative estimate of drug-likeness (QED) is 0.905. The molecule has 0 radical (unpaired) electrons. The van der Waals surface area contributed by atoms with E-state index in [4.69, 9.17) is 4.74 Å². The molecule has 1 heterocycles. The molecule has 2 atom stereocenters. The molecule has 0 bridgehead atoms. The van der Waals surface area contributed by atoms with Gasteiger partial charge >= 0.3 is 0 Å². The molecule has 1 saturated heterocycles. The number of aliphatic hydroxyl groups excluding tert-OH is 1. The number of likely N-dealkylation sites (tertiary alicyclic amines) is 1. The van der Waals surface area contributed by atoms with Gasteiger partial charge in [-0.3, -0.25) is 4.90 Å². The van der Waals surface area contributed by atoms with Gasteiger partial charge in [0.1, 0.15) is 0 Å². The van der Waals surface area contributed by atoms with Gasteiger partial charge in [0.15, 0.2) is 0 Å². The van der Waals surface area contributed by atoms with Crippen LogP contribution in [-0.2, 0) is 11.3 Å². The molecular formula is C19H30N2O2. The molecule has 1 saturated carbocycles. The van der Waals surface area contributed by atoms with Crippen LogP contribution in [0.15, 0.2) is 24.3 Å². The maximum atomic E-state index is 10.3. The molecule has 0 aromatic heterocycles. The van der Waals surface area contributed by atoms with Crippen LogP contribution in [0.25, 0.3) is 0 Å². The van der Waals surface area contributed by atoms with E-state index in [1.54, 1.807) is 0 Å². The molecule has 128 valence electrons. The Balaban J connectivity index is 1.55. The summed E-state index contributed by atoms with van der Waals surface area (Å²) in [5, 5.41) is 10.3. The first kappa shape index (κ1) is 16.7. The van der Waals surface area contributed by atoms with Crippen molar-refractivity contribution in [1.29, 1.82) is 0 Å². The first-order chi connectivity index (χ1) is 11.0. The van der Waals surface area contributed by atoms with E-state index in [0.29, 0.717) is 0 Å². The van der Waals surface area contributed by atoms with Crippen LogP contribution < -0.4 is 4.90 Å². The van der Waals surface area contributed by atoms with Crippen molar-refractivity contribution >= 4 is 5.69 Å². The smallest absolute Gasteiger partial charge is 0.0681 e. The van der Waals surface area contributed by atoms with Crippen LogP contribution in [0.1, 0.15) is 31.7 Å². The minimum atomic E-state index is -0.166. The average molecular weight is 318 g/mol. The van der Waals surface area contributed by atoms with Gasteiger partial charge < -0.3 is 14.7 Å². The fourth-order valence-corrected chi connectivity index (χ4v) is 4.10. The van der Waals surface area contributed by atoms with Gasteiger partial charge in [-0.15, -0.1) is 0 Å². The first-order valence-electron chi connectivity index (χ1n) is 8.83. The highest BCUT2D eigenvalue weighted by molar-refractivity contribution is 5.45. The normalized spacial score (nSPS) is 27.0. The van der Waals surface area contributed by atoms with Crippen molar-refractivity contribution in [3.05, 3.63) is 29.8 Å². The molecule has 4 heteroatoms. The Kier molecular flexibility index (Phi) is 4.95. The van der Waals surface area contributed by atoms with E-state index in [0.717, 1.165) is 45.5 Å². The Morgan fingerprint density at radius 3 is 2.39 bits per heavy atom. The van der Waals surface area contributed by atoms with Crippen molar-refractivity contribution in [3.63, 3.8) is 0 Å². The zero-order valence-electron chi connectivity index (χ0n) is 14.7. The van der Waals surface area contributed by atoms with Gasteiger partial charge in [0.05, 0.1) is 12.2 Å². The largest absolute Gasteiger partial charge is 0.392 e. The summed E-state index contributed by atoms with van der Waals surface area (Å²) in [6, 6.07) is 8.81. The Morgan fingerprint density at radius 1 is 1.22 bits per heavy atom. The third-order valence-corrected chi connectivity index (χ3v) is 5.76. The average Bonchev–Trinajstić information content (AvgIpc) is 2.56. The minimum absolute atomic E-state index is 0.0291. The molecule has 2 aliphatic rings. The zero-order valence-corrected chi connectivity index (χ0v) is 14.7. The highest BCUT2D eigenvalue weighted by Gasteiger charge is 2.55. The predicted molar refractivity (Wildman–Crippen MR) is 93.8 cm³/mol. The lowest BCUT2D eigenvalue weighted by atomic mass is 9.58. The number of anilines is 1. The summed E-state index contributed by atoms with van der Waals surface area (Å²) in [5.74, 6) is 0. The lowest BCUT2D eigenvalue weighted by Crippen LogP contribution is -2.62. The van der Waals surface area contributed by atoms with Gasteiger partial charge in [0.25, 0.3) is 0 Å². The Labute approximate surface area is 140 Å². The molecule has 23 heavy (non-hydrogen) atoms. The number of nitrogens with zero attached hydrogens (tertiary/aromatic N) is 2. The summed E-state index contributed by atoms with van der Waals surface area (Å²) >= 11 is 0. The monoisotopic (exact) mass is 318 g/mol. The molecule has 0 amide bonds. The fraction of sp³-hybridized carbons (Fsp3) is 0.684. The zero-order chi connectivity index (χ0) is 16.4. The maximum absolute atomic E-state index is 10.3. The number of aliphatic hydroxyl groups is 1. The van der Waals surface area contributed by atoms with Crippen molar-refractivity contribution in [3.8, 4) is 0 Å². The third-order valence-electron chi connectivity index (χ3n) is 5.76. The molecule has 1 spiro atoms. The number of hydrogen-bond donors (Lipinski definition) is 1. The molecular weight excluding hydrogens is 288 g/mol. The van der Waals surface area contributed by atoms with E-state index in [2.05, 4.69) is 48.2 Å². The fourth-order valence-electron chi connectivity index (χ4n) is 4.10. The van der Waals surface area contributed by atoms with Gasteiger partial charge in [-0.25, -0.2) is 0 Å². The summed E-state index contributed by atoms with van der Waals surface area (Å²) in [6.07, 6.45) is 3.02. The minimum Gasteiger partial charge on any atom is -0.392 e. The van der Waals surface area contributed by atoms with Gasteiger partial charge in [-0.2, -0.15) is 0 Å². The van der Waals surface area contributed by atoms with Gasteiger partial charge in [0.2, 0.25) is 0 Å². The summed E-state index contributed by atoms with van der Waals surface area (Å²) in [5.41, 5.74) is 2.63. The number of ether oxygens (including phenoxy) is 1. The second-order valence-corrected chi connectivity index (χ2v) is 7.27. The Hall–Kier alpha value is -1.10. The van der Waals surface area contributed by atoms with E-state index in [1.807, 2.05) is 6.92 Å². The standard InChI is InChI=1S/C19H30N2O2/c1-4-23-18-13-17(22)19(18)9-11-21(12-10-19)14-15-5-7-16(8-6-15)20(2)3/h5-8,17-18,22H,4,9-14H2,1-3H3. The predicted octanol–water partition coefficient (Wildman–Crippen LogP) is 2.50. The highest BCUT2D eigenvalue weighted by Crippen LogP contribution is 2.51. The number of piperidine rings is 1. The van der Waals surface area contributed by atoms with Crippen molar-refractivity contribution < 1.29 is 9.84 Å². The van der Waals surface area contributed by atoms with E-state index in [1.165, 1.54) is 11.3 Å². The molecule has 1 aliphatic heterocycles. The molecule has 1 aliphatic carbocycles. The van der Waals surface area contributed by atoms with Crippen molar-refractivity contribution in [2.24, 2.45) is 5.41 Å². The summed E-state index contributed by atoms with van der Waals surface area (Å²) in [6.45, 7) is 5.90. The van der Waals surface area contributed by atoms with E-state index < -0.39 is 0 Å². The van der Waals surface area contributed by atoms with Crippen LogP contribution in [0.5, 0.6) is 0 Å². The van der Waals surface area contributed by atoms with Crippen LogP contribution in [0.3, 0.4) is 0 Å². The molecule has 4 nitrogen and oxygen atoms in total. The van der Waals surface area contributed by atoms with Crippen molar-refractivity contribution in [2.45, 2.75) is 44.9 Å². The van der Waals surface area contributed by atoms with Crippen molar-refractivity contribution in [2.75, 3.05) is 38.7 Å². The summed E-state index contributed by atoms with van der Waals surface area (Å²) in [4.78, 5) is 4.63. The van der Waals surface area contributed by atoms with Gasteiger partial charge in [-0.1, -0.05) is 12.1 Å². The molecule has 1 N–H and O–H groups in total. The van der Waals surface area contributed by atoms with Gasteiger partial charge in [0, 0.05) is 44.8 Å². The number of benzene rings is 1. The van der Waals surface area contributed by atoms with Crippen LogP contribution in [0.2, 0.25) is 0 Å². The first-order valence-corrected chi connectivity index (χ1v) is 8.83. The second kappa shape index (κ2) is 6.80. The van der Waals surface area contributed by atoms with Crippen LogP contribution >= 0.6 is 0 Å². The van der Waals surface area contributed by atoms with Crippen LogP contribution in [0.4, 0.5) is 5.69 Å². The van der Waals surface area contributed by atoms with Crippen molar-refractivity contribution in [1.82, 2.24) is 4.90 Å². The molecule has 1 aromatic rings. The Morgan fingerprint density at radius 2 is 1.87 bits per heavy atom. The Bertz CT molecular complexity index is 505. The number of rotatable bonds is 5. The van der Waals surface area contributed by atoms with Crippen LogP contribution in [0, 0.1) is 5.41 Å². The second-order valence-electron chi connectivity index (χ2n) is 7.27. The topological polar surface area (TPSA) is 35.9 Å². The molecule has 3 rings (SSSR count). The van der Waals surface area contributed by atoms with E-state index in [-0.39, 0.29) is 17.6 Å². The van der Waals surface area contributed by atoms with Crippen LogP contribution in [-0.4, -0.2) is 56.0 Å². The summed E-state index contributed by atoms with van der Waals surface area (Å²) in [7, 11) is 4.13. The SMILES string of the molecule is CCOC1CC(O)C12CCN(Cc1ccc(N(C)C)cc1)CC2. The highest BCUT2D eigenvalue weighted by atomic mass is 16.5. The number of hydrogen-bond acceptors (Lipinski definition) is 4. The van der Waals surface area contributed by atoms with Gasteiger partial charge in [-0.05, 0) is 50.6 Å². The molecule has 2 fully saturated rings. The van der Waals surface area contributed by atoms with E-state index >= 15 is 0 Å². The molecule has 2 unspecified atom stereocenters. The lowest BCUT2D eigenvalue weighted by molar-refractivity contribution is -0.209. The maximum Gasteiger partial charge on any atom is 0.0681 e. The lowest BCUT2D eigenvalue weighted by Gasteiger charge is -2.56.